The van der Waals surface area contributed by atoms with Crippen LogP contribution in [0.15, 0.2) is 66.7 Å². The average Bonchev–Trinajstić information content (AvgIpc) is 2.76. The number of carboxylic acid groups (broad SMARTS) is 1. The summed E-state index contributed by atoms with van der Waals surface area (Å²) in [5.74, 6) is -1.34. The Hall–Kier alpha value is -3.65. The Balaban J connectivity index is 1.93. The maximum absolute atomic E-state index is 11.9. The largest absolute Gasteiger partial charge is 0.481 e. The fourth-order valence-corrected chi connectivity index (χ4v) is 5.51. The van der Waals surface area contributed by atoms with Gasteiger partial charge in [0.15, 0.2) is 0 Å². The van der Waals surface area contributed by atoms with Crippen molar-refractivity contribution in [1.82, 2.24) is 0 Å². The van der Waals surface area contributed by atoms with E-state index in [0.29, 0.717) is 0 Å². The average molecular weight is 372 g/mol. The molecule has 136 valence electrons. The van der Waals surface area contributed by atoms with Crippen LogP contribution in [0.5, 0.6) is 0 Å². The first-order valence-electron chi connectivity index (χ1n) is 9.96. The number of aliphatic carboxylic acids is 1. The first kappa shape index (κ1) is 15.3. The van der Waals surface area contributed by atoms with Gasteiger partial charge in [0, 0.05) is 0 Å². The first-order valence-corrected chi connectivity index (χ1v) is 9.96. The van der Waals surface area contributed by atoms with E-state index < -0.39 is 11.9 Å². The molecular weight excluding hydrogens is 356 g/mol. The number of benzene rings is 7. The van der Waals surface area contributed by atoms with Crippen LogP contribution in [0.4, 0.5) is 0 Å². The first-order chi connectivity index (χ1) is 14.1. The third-order valence-electron chi connectivity index (χ3n) is 6.87. The van der Waals surface area contributed by atoms with Gasteiger partial charge in [-0.2, -0.15) is 0 Å². The number of hydrogen-bond donors (Lipinski definition) is 1. The molecule has 1 unspecified atom stereocenters. The summed E-state index contributed by atoms with van der Waals surface area (Å²) in [7, 11) is 0. The molecule has 0 aromatic heterocycles. The van der Waals surface area contributed by atoms with Crippen LogP contribution < -0.4 is 0 Å². The molecule has 0 amide bonds. The highest BCUT2D eigenvalue weighted by Crippen LogP contribution is 2.49. The summed E-state index contributed by atoms with van der Waals surface area (Å²) in [6, 6.07) is 23.9. The van der Waals surface area contributed by atoms with E-state index >= 15 is 0 Å². The van der Waals surface area contributed by atoms with Crippen LogP contribution >= 0.6 is 0 Å². The van der Waals surface area contributed by atoms with E-state index in [1.54, 1.807) is 6.92 Å². The highest BCUT2D eigenvalue weighted by atomic mass is 16.4. The van der Waals surface area contributed by atoms with E-state index in [-0.39, 0.29) is 0 Å². The van der Waals surface area contributed by atoms with Gasteiger partial charge in [-0.15, -0.1) is 0 Å². The lowest BCUT2D eigenvalue weighted by atomic mass is 9.80. The van der Waals surface area contributed by atoms with Crippen molar-refractivity contribution in [2.75, 3.05) is 0 Å². The molecule has 7 aromatic carbocycles. The maximum Gasteiger partial charge on any atom is 0.310 e. The summed E-state index contributed by atoms with van der Waals surface area (Å²) >= 11 is 0. The zero-order chi connectivity index (χ0) is 19.4. The Labute approximate surface area is 166 Å². The van der Waals surface area contributed by atoms with Crippen LogP contribution in [0.25, 0.3) is 64.6 Å². The van der Waals surface area contributed by atoms with Crippen LogP contribution in [0.3, 0.4) is 0 Å². The van der Waals surface area contributed by atoms with Gasteiger partial charge in [0.1, 0.15) is 0 Å². The molecule has 0 saturated carbocycles. The number of rotatable bonds is 2. The minimum atomic E-state index is -0.787. The zero-order valence-electron chi connectivity index (χ0n) is 15.8. The second kappa shape index (κ2) is 4.84. The molecule has 1 N–H and O–H groups in total. The smallest absolute Gasteiger partial charge is 0.310 e. The zero-order valence-corrected chi connectivity index (χ0v) is 15.8. The predicted octanol–water partition coefficient (Wildman–Crippen LogP) is 7.11. The minimum absolute atomic E-state index is 0.556. The second-order valence-electron chi connectivity index (χ2n) is 8.27. The van der Waals surface area contributed by atoms with E-state index in [0.717, 1.165) is 16.3 Å². The van der Waals surface area contributed by atoms with Crippen molar-refractivity contribution in [2.24, 2.45) is 0 Å². The van der Waals surface area contributed by atoms with Gasteiger partial charge in [-0.1, -0.05) is 60.7 Å². The molecule has 0 heterocycles. The lowest BCUT2D eigenvalue weighted by Crippen LogP contribution is -2.08. The fraction of sp³-hybridized carbons (Fsp3) is 0.0741. The van der Waals surface area contributed by atoms with Gasteiger partial charge in [-0.25, -0.2) is 0 Å². The van der Waals surface area contributed by atoms with Crippen LogP contribution in [-0.2, 0) is 4.79 Å². The highest BCUT2D eigenvalue weighted by molar-refractivity contribution is 6.44. The Morgan fingerprint density at radius 2 is 1.00 bits per heavy atom. The van der Waals surface area contributed by atoms with E-state index in [4.69, 9.17) is 0 Å². The maximum atomic E-state index is 11.9. The molecule has 29 heavy (non-hydrogen) atoms. The van der Waals surface area contributed by atoms with Crippen molar-refractivity contribution in [3.8, 4) is 0 Å². The Morgan fingerprint density at radius 3 is 1.48 bits per heavy atom. The van der Waals surface area contributed by atoms with Crippen LogP contribution in [0.1, 0.15) is 18.4 Å². The normalized spacial score (nSPS) is 13.8. The number of carboxylic acids is 1. The van der Waals surface area contributed by atoms with E-state index in [2.05, 4.69) is 66.7 Å². The van der Waals surface area contributed by atoms with Gasteiger partial charge in [0.05, 0.1) is 5.92 Å². The monoisotopic (exact) mass is 372 g/mol. The number of carbonyl (C=O) groups is 1. The minimum Gasteiger partial charge on any atom is -0.481 e. The summed E-state index contributed by atoms with van der Waals surface area (Å²) in [6.07, 6.45) is 0. The van der Waals surface area contributed by atoms with Gasteiger partial charge in [-0.05, 0) is 83.2 Å². The lowest BCUT2D eigenvalue weighted by Gasteiger charge is -2.22. The van der Waals surface area contributed by atoms with Crippen molar-refractivity contribution in [3.05, 3.63) is 72.3 Å². The van der Waals surface area contributed by atoms with Crippen LogP contribution in [0, 0.1) is 0 Å². The molecule has 0 saturated heterocycles. The Kier molecular flexibility index (Phi) is 2.55. The van der Waals surface area contributed by atoms with Crippen LogP contribution in [-0.4, -0.2) is 11.1 Å². The van der Waals surface area contributed by atoms with E-state index in [1.165, 1.54) is 53.9 Å². The van der Waals surface area contributed by atoms with E-state index in [9.17, 15) is 9.90 Å². The summed E-state index contributed by atoms with van der Waals surface area (Å²) < 4.78 is 0. The lowest BCUT2D eigenvalue weighted by molar-refractivity contribution is -0.138. The molecule has 0 spiro atoms. The van der Waals surface area contributed by atoms with Gasteiger partial charge in [-0.3, -0.25) is 4.79 Å². The molecule has 0 fully saturated rings. The fourth-order valence-electron chi connectivity index (χ4n) is 5.51. The predicted molar refractivity (Wildman–Crippen MR) is 121 cm³/mol. The third-order valence-corrected chi connectivity index (χ3v) is 6.87. The van der Waals surface area contributed by atoms with Gasteiger partial charge < -0.3 is 5.11 Å². The summed E-state index contributed by atoms with van der Waals surface area (Å²) in [5, 5.41) is 24.6. The summed E-state index contributed by atoms with van der Waals surface area (Å²) in [4.78, 5) is 11.9. The molecule has 0 aliphatic rings. The van der Waals surface area contributed by atoms with Crippen molar-refractivity contribution in [1.29, 1.82) is 0 Å². The molecule has 1 atom stereocenters. The van der Waals surface area contributed by atoms with Crippen molar-refractivity contribution in [2.45, 2.75) is 12.8 Å². The molecule has 7 rings (SSSR count). The molecule has 0 bridgehead atoms. The van der Waals surface area contributed by atoms with Crippen molar-refractivity contribution >= 4 is 70.6 Å². The standard InChI is InChI=1S/C27H16O2/c1-13(27(28)29)20-12-18-9-8-16-5-3-14-2-4-15-6-7-17-10-11-19(20)26-24(17)22(15)21(14)23(16)25(18)26/h2-13H,1H3,(H,28,29). The highest BCUT2D eigenvalue weighted by Gasteiger charge is 2.24. The molecule has 0 radical (unpaired) electrons. The van der Waals surface area contributed by atoms with Crippen LogP contribution in [0.2, 0.25) is 0 Å². The summed E-state index contributed by atoms with van der Waals surface area (Å²) in [5.41, 5.74) is 0.893. The molecule has 7 aromatic rings. The SMILES string of the molecule is CC(C(=O)O)c1cc2ccc3ccc4ccc5ccc6ccc1c1c6c5c4c3c21. The van der Waals surface area contributed by atoms with Crippen molar-refractivity contribution < 1.29 is 9.90 Å². The van der Waals surface area contributed by atoms with Gasteiger partial charge >= 0.3 is 5.97 Å². The second-order valence-corrected chi connectivity index (χ2v) is 8.27. The summed E-state index contributed by atoms with van der Waals surface area (Å²) in [6.45, 7) is 1.78. The quantitative estimate of drug-likeness (QED) is 0.259. The Morgan fingerprint density at radius 1 is 0.621 bits per heavy atom. The molecule has 0 aliphatic heterocycles. The molecule has 0 aliphatic carbocycles. The molecule has 2 nitrogen and oxygen atoms in total. The van der Waals surface area contributed by atoms with Crippen molar-refractivity contribution in [3.63, 3.8) is 0 Å². The third kappa shape index (κ3) is 1.67. The van der Waals surface area contributed by atoms with E-state index in [1.807, 2.05) is 0 Å². The molecular formula is C27H16O2. The topological polar surface area (TPSA) is 37.3 Å². The van der Waals surface area contributed by atoms with Gasteiger partial charge in [0.25, 0.3) is 0 Å². The van der Waals surface area contributed by atoms with Gasteiger partial charge in [0.2, 0.25) is 0 Å². The Bertz CT molecular complexity index is 1680. The number of hydrogen-bond acceptors (Lipinski definition) is 1. The molecule has 2 heteroatoms.